The summed E-state index contributed by atoms with van der Waals surface area (Å²) in [6.45, 7) is 2.96. The molecule has 1 aliphatic heterocycles. The normalized spacial score (nSPS) is 20.0. The highest BCUT2D eigenvalue weighted by Gasteiger charge is 2.35. The van der Waals surface area contributed by atoms with Crippen molar-refractivity contribution in [1.82, 2.24) is 4.90 Å². The van der Waals surface area contributed by atoms with Gasteiger partial charge in [-0.25, -0.2) is 0 Å². The number of carboxylic acids is 1. The SMILES string of the molecule is CCc1ccc(C(c2ccc(Cl)cc2)N2CCCCC2C(=O)O)s1. The minimum Gasteiger partial charge on any atom is -0.480 e. The first-order chi connectivity index (χ1) is 11.6. The van der Waals surface area contributed by atoms with Gasteiger partial charge >= 0.3 is 5.97 Å². The molecule has 2 unspecified atom stereocenters. The van der Waals surface area contributed by atoms with Crippen LogP contribution in [0.4, 0.5) is 0 Å². The maximum absolute atomic E-state index is 11.8. The lowest BCUT2D eigenvalue weighted by molar-refractivity contribution is -0.145. The van der Waals surface area contributed by atoms with Gasteiger partial charge in [-0.1, -0.05) is 37.1 Å². The largest absolute Gasteiger partial charge is 0.480 e. The van der Waals surface area contributed by atoms with Crippen LogP contribution < -0.4 is 0 Å². The number of rotatable bonds is 5. The van der Waals surface area contributed by atoms with Gasteiger partial charge < -0.3 is 5.11 Å². The Morgan fingerprint density at radius 1 is 1.29 bits per heavy atom. The van der Waals surface area contributed by atoms with Crippen molar-refractivity contribution in [2.75, 3.05) is 6.54 Å². The van der Waals surface area contributed by atoms with Gasteiger partial charge in [-0.05, 0) is 55.6 Å². The Bertz CT molecular complexity index is 698. The van der Waals surface area contributed by atoms with Gasteiger partial charge in [0.2, 0.25) is 0 Å². The Labute approximate surface area is 151 Å². The Kier molecular flexibility index (Phi) is 5.59. The van der Waals surface area contributed by atoms with Crippen molar-refractivity contribution in [3.63, 3.8) is 0 Å². The molecule has 1 saturated heterocycles. The summed E-state index contributed by atoms with van der Waals surface area (Å²) in [6, 6.07) is 11.7. The van der Waals surface area contributed by atoms with Crippen molar-refractivity contribution in [1.29, 1.82) is 0 Å². The van der Waals surface area contributed by atoms with E-state index in [2.05, 4.69) is 24.0 Å². The summed E-state index contributed by atoms with van der Waals surface area (Å²) in [6.07, 6.45) is 3.73. The molecule has 1 aliphatic rings. The number of thiophene rings is 1. The molecule has 128 valence electrons. The second-order valence-electron chi connectivity index (χ2n) is 6.20. The van der Waals surface area contributed by atoms with E-state index in [0.29, 0.717) is 11.4 Å². The van der Waals surface area contributed by atoms with Gasteiger partial charge in [0.05, 0.1) is 6.04 Å². The van der Waals surface area contributed by atoms with E-state index in [-0.39, 0.29) is 6.04 Å². The van der Waals surface area contributed by atoms with E-state index < -0.39 is 12.0 Å². The molecule has 0 radical (unpaired) electrons. The predicted molar refractivity (Wildman–Crippen MR) is 99.0 cm³/mol. The first-order valence-corrected chi connectivity index (χ1v) is 9.62. The molecule has 0 spiro atoms. The first kappa shape index (κ1) is 17.5. The van der Waals surface area contributed by atoms with Gasteiger partial charge in [-0.15, -0.1) is 11.3 Å². The molecule has 2 atom stereocenters. The number of halogens is 1. The van der Waals surface area contributed by atoms with E-state index in [4.69, 9.17) is 11.6 Å². The highest BCUT2D eigenvalue weighted by atomic mass is 35.5. The zero-order valence-corrected chi connectivity index (χ0v) is 15.3. The summed E-state index contributed by atoms with van der Waals surface area (Å²) in [5.74, 6) is -0.721. The predicted octanol–water partition coefficient (Wildman–Crippen LogP) is 4.99. The summed E-state index contributed by atoms with van der Waals surface area (Å²) < 4.78 is 0. The number of aliphatic carboxylic acids is 1. The molecule has 2 heterocycles. The lowest BCUT2D eigenvalue weighted by Gasteiger charge is -2.39. The summed E-state index contributed by atoms with van der Waals surface area (Å²) in [5.41, 5.74) is 1.11. The number of hydrogen-bond acceptors (Lipinski definition) is 3. The van der Waals surface area contributed by atoms with Crippen LogP contribution in [0.2, 0.25) is 5.02 Å². The molecule has 3 rings (SSSR count). The summed E-state index contributed by atoms with van der Waals surface area (Å²) >= 11 is 7.83. The van der Waals surface area contributed by atoms with Gasteiger partial charge in [-0.2, -0.15) is 0 Å². The highest BCUT2D eigenvalue weighted by molar-refractivity contribution is 7.12. The third kappa shape index (κ3) is 3.66. The molecular weight excluding hydrogens is 342 g/mol. The first-order valence-electron chi connectivity index (χ1n) is 8.42. The van der Waals surface area contributed by atoms with Crippen molar-refractivity contribution < 1.29 is 9.90 Å². The monoisotopic (exact) mass is 363 g/mol. The van der Waals surface area contributed by atoms with Crippen molar-refractivity contribution >= 4 is 28.9 Å². The fourth-order valence-corrected chi connectivity index (χ4v) is 4.65. The average molecular weight is 364 g/mol. The van der Waals surface area contributed by atoms with Crippen LogP contribution in [0.25, 0.3) is 0 Å². The van der Waals surface area contributed by atoms with E-state index in [9.17, 15) is 9.90 Å². The van der Waals surface area contributed by atoms with Gasteiger partial charge in [0.15, 0.2) is 0 Å². The number of nitrogens with zero attached hydrogens (tertiary/aromatic N) is 1. The Balaban J connectivity index is 2.03. The molecule has 1 fully saturated rings. The lowest BCUT2D eigenvalue weighted by atomic mass is 9.95. The van der Waals surface area contributed by atoms with Crippen LogP contribution in [0.1, 0.15) is 47.5 Å². The molecule has 1 aromatic heterocycles. The third-order valence-electron chi connectivity index (χ3n) is 4.65. The van der Waals surface area contributed by atoms with E-state index in [1.54, 1.807) is 11.3 Å². The van der Waals surface area contributed by atoms with Gasteiger partial charge in [0.25, 0.3) is 0 Å². The number of hydrogen-bond donors (Lipinski definition) is 1. The van der Waals surface area contributed by atoms with Crippen LogP contribution in [-0.2, 0) is 11.2 Å². The number of likely N-dealkylation sites (tertiary alicyclic amines) is 1. The second kappa shape index (κ2) is 7.68. The Morgan fingerprint density at radius 2 is 2.04 bits per heavy atom. The zero-order valence-electron chi connectivity index (χ0n) is 13.7. The maximum atomic E-state index is 11.8. The smallest absolute Gasteiger partial charge is 0.320 e. The average Bonchev–Trinajstić information content (AvgIpc) is 3.06. The third-order valence-corrected chi connectivity index (χ3v) is 6.18. The number of carboxylic acid groups (broad SMARTS) is 1. The summed E-state index contributed by atoms with van der Waals surface area (Å²) in [5, 5.41) is 10.4. The van der Waals surface area contributed by atoms with Crippen LogP contribution in [0, 0.1) is 0 Å². The Morgan fingerprint density at radius 3 is 2.67 bits per heavy atom. The summed E-state index contributed by atoms with van der Waals surface area (Å²) in [7, 11) is 0. The molecule has 1 N–H and O–H groups in total. The quantitative estimate of drug-likeness (QED) is 0.813. The Hall–Kier alpha value is -1.36. The van der Waals surface area contributed by atoms with Crippen molar-refractivity contribution in [2.45, 2.75) is 44.7 Å². The fraction of sp³-hybridized carbons (Fsp3) is 0.421. The number of aryl methyl sites for hydroxylation is 1. The highest BCUT2D eigenvalue weighted by Crippen LogP contribution is 2.38. The molecular formula is C19H22ClNO2S. The minimum absolute atomic E-state index is 0.0195. The molecule has 0 amide bonds. The van der Waals surface area contributed by atoms with E-state index in [1.165, 1.54) is 9.75 Å². The molecule has 5 heteroatoms. The minimum atomic E-state index is -0.721. The topological polar surface area (TPSA) is 40.5 Å². The summed E-state index contributed by atoms with van der Waals surface area (Å²) in [4.78, 5) is 16.5. The maximum Gasteiger partial charge on any atom is 0.320 e. The van der Waals surface area contributed by atoms with Crippen LogP contribution >= 0.6 is 22.9 Å². The van der Waals surface area contributed by atoms with Gasteiger partial charge in [0.1, 0.15) is 6.04 Å². The van der Waals surface area contributed by atoms with E-state index >= 15 is 0 Å². The number of piperidine rings is 1. The van der Waals surface area contributed by atoms with Crippen molar-refractivity contribution in [3.05, 3.63) is 56.7 Å². The van der Waals surface area contributed by atoms with Gasteiger partial charge in [-0.3, -0.25) is 9.69 Å². The van der Waals surface area contributed by atoms with Gasteiger partial charge in [0, 0.05) is 14.8 Å². The zero-order chi connectivity index (χ0) is 17.1. The van der Waals surface area contributed by atoms with Crippen LogP contribution in [0.15, 0.2) is 36.4 Å². The van der Waals surface area contributed by atoms with Crippen LogP contribution in [0.3, 0.4) is 0 Å². The standard InChI is InChI=1S/C19H22ClNO2S/c1-2-15-10-11-17(24-15)18(13-6-8-14(20)9-7-13)21-12-4-3-5-16(21)19(22)23/h6-11,16,18H,2-5,12H2,1H3,(H,22,23). The molecule has 0 aliphatic carbocycles. The molecule has 24 heavy (non-hydrogen) atoms. The van der Waals surface area contributed by atoms with E-state index in [0.717, 1.165) is 31.4 Å². The molecule has 1 aromatic carbocycles. The van der Waals surface area contributed by atoms with Crippen LogP contribution in [0.5, 0.6) is 0 Å². The second-order valence-corrected chi connectivity index (χ2v) is 7.84. The van der Waals surface area contributed by atoms with Crippen molar-refractivity contribution in [2.24, 2.45) is 0 Å². The van der Waals surface area contributed by atoms with Crippen LogP contribution in [-0.4, -0.2) is 28.6 Å². The van der Waals surface area contributed by atoms with Crippen molar-refractivity contribution in [3.8, 4) is 0 Å². The molecule has 0 bridgehead atoms. The fourth-order valence-electron chi connectivity index (χ4n) is 3.42. The molecule has 0 saturated carbocycles. The number of benzene rings is 1. The van der Waals surface area contributed by atoms with E-state index in [1.807, 2.05) is 24.3 Å². The lowest BCUT2D eigenvalue weighted by Crippen LogP contribution is -2.46. The molecule has 3 nitrogen and oxygen atoms in total. The number of carbonyl (C=O) groups is 1. The molecule has 2 aromatic rings.